The third-order valence-electron chi connectivity index (χ3n) is 3.38. The van der Waals surface area contributed by atoms with Gasteiger partial charge < -0.3 is 4.57 Å². The Balaban J connectivity index is 2.73. The van der Waals surface area contributed by atoms with Crippen LogP contribution in [-0.4, -0.2) is 12.5 Å². The first kappa shape index (κ1) is 16.5. The lowest BCUT2D eigenvalue weighted by atomic mass is 10.4. The second kappa shape index (κ2) is 7.40. The lowest BCUT2D eigenvalue weighted by molar-refractivity contribution is 0.590. The first-order chi connectivity index (χ1) is 10.1. The fourth-order valence-corrected chi connectivity index (χ4v) is 7.41. The van der Waals surface area contributed by atoms with E-state index in [4.69, 9.17) is 0 Å². The van der Waals surface area contributed by atoms with Crippen molar-refractivity contribution >= 4 is 41.3 Å². The molecule has 0 aromatic heterocycles. The first-order valence-electron chi connectivity index (χ1n) is 6.65. The monoisotopic (exact) mass is 334 g/mol. The van der Waals surface area contributed by atoms with E-state index in [1.165, 1.54) is 0 Å². The van der Waals surface area contributed by atoms with E-state index in [9.17, 15) is 4.57 Å². The molecule has 21 heavy (non-hydrogen) atoms. The molecule has 110 valence electrons. The van der Waals surface area contributed by atoms with E-state index in [1.54, 1.807) is 23.5 Å². The number of hydrogen-bond acceptors (Lipinski definition) is 3. The third-order valence-corrected chi connectivity index (χ3v) is 9.25. The smallest absolute Gasteiger partial charge is 0.168 e. The van der Waals surface area contributed by atoms with E-state index >= 15 is 0 Å². The van der Waals surface area contributed by atoms with Gasteiger partial charge in [0.25, 0.3) is 0 Å². The van der Waals surface area contributed by atoms with Gasteiger partial charge in [0.2, 0.25) is 0 Å². The van der Waals surface area contributed by atoms with Gasteiger partial charge in [-0.2, -0.15) is 0 Å². The van der Waals surface area contributed by atoms with Crippen LogP contribution in [0.1, 0.15) is 6.92 Å². The third kappa shape index (κ3) is 3.31. The summed E-state index contributed by atoms with van der Waals surface area (Å²) in [6.45, 7) is 2.00. The van der Waals surface area contributed by atoms with Crippen molar-refractivity contribution in [2.75, 3.05) is 12.5 Å². The van der Waals surface area contributed by atoms with Crippen LogP contribution in [-0.2, 0) is 4.57 Å². The highest BCUT2D eigenvalue weighted by molar-refractivity contribution is 8.22. The maximum absolute atomic E-state index is 14.0. The number of allylic oxidation sites excluding steroid dienone is 1. The molecule has 0 bridgehead atoms. The van der Waals surface area contributed by atoms with Crippen molar-refractivity contribution in [3.63, 3.8) is 0 Å². The van der Waals surface area contributed by atoms with Crippen LogP contribution in [0.3, 0.4) is 0 Å². The summed E-state index contributed by atoms with van der Waals surface area (Å²) in [7, 11) is -2.77. The number of benzene rings is 2. The van der Waals surface area contributed by atoms with E-state index in [0.29, 0.717) is 0 Å². The van der Waals surface area contributed by atoms with E-state index in [0.717, 1.165) is 20.2 Å². The molecule has 2 aromatic carbocycles. The lowest BCUT2D eigenvalue weighted by Crippen LogP contribution is -2.17. The molecule has 0 atom stereocenters. The summed E-state index contributed by atoms with van der Waals surface area (Å²) in [6, 6.07) is 19.6. The summed E-state index contributed by atoms with van der Waals surface area (Å²) in [6.07, 6.45) is 4.07. The SMILES string of the molecule is CSC(SC)=C(C)P(=O)(c1ccccc1)c1ccccc1. The largest absolute Gasteiger partial charge is 0.309 e. The average Bonchev–Trinajstić information content (AvgIpc) is 2.56. The van der Waals surface area contributed by atoms with Crippen molar-refractivity contribution in [1.82, 2.24) is 0 Å². The average molecular weight is 334 g/mol. The van der Waals surface area contributed by atoms with Crippen LogP contribution in [0, 0.1) is 0 Å². The fourth-order valence-electron chi connectivity index (χ4n) is 2.32. The lowest BCUT2D eigenvalue weighted by Gasteiger charge is -2.22. The van der Waals surface area contributed by atoms with Gasteiger partial charge >= 0.3 is 0 Å². The van der Waals surface area contributed by atoms with Crippen LogP contribution in [0.15, 0.2) is 70.2 Å². The predicted molar refractivity (Wildman–Crippen MR) is 99.5 cm³/mol. The summed E-state index contributed by atoms with van der Waals surface area (Å²) in [5.74, 6) is 0. The maximum atomic E-state index is 14.0. The van der Waals surface area contributed by atoms with Crippen molar-refractivity contribution in [3.05, 3.63) is 70.2 Å². The zero-order chi connectivity index (χ0) is 15.3. The minimum Gasteiger partial charge on any atom is -0.309 e. The molecule has 2 rings (SSSR count). The Morgan fingerprint density at radius 1 is 0.810 bits per heavy atom. The molecule has 0 saturated heterocycles. The highest BCUT2D eigenvalue weighted by atomic mass is 32.2. The molecule has 0 aliphatic rings. The van der Waals surface area contributed by atoms with Crippen molar-refractivity contribution < 1.29 is 4.57 Å². The van der Waals surface area contributed by atoms with Gasteiger partial charge in [-0.3, -0.25) is 0 Å². The van der Waals surface area contributed by atoms with Crippen molar-refractivity contribution in [2.24, 2.45) is 0 Å². The summed E-state index contributed by atoms with van der Waals surface area (Å²) >= 11 is 3.33. The van der Waals surface area contributed by atoms with Gasteiger partial charge in [-0.15, -0.1) is 23.5 Å². The number of hydrogen-bond donors (Lipinski definition) is 0. The van der Waals surface area contributed by atoms with Crippen LogP contribution in [0.2, 0.25) is 0 Å². The summed E-state index contributed by atoms with van der Waals surface area (Å²) in [4.78, 5) is 0. The Bertz CT molecular complexity index is 616. The number of rotatable bonds is 5. The Labute approximate surface area is 135 Å². The molecule has 0 heterocycles. The molecule has 0 unspecified atom stereocenters. The van der Waals surface area contributed by atoms with E-state index in [1.807, 2.05) is 80.1 Å². The second-order valence-electron chi connectivity index (χ2n) is 4.56. The molecule has 0 spiro atoms. The van der Waals surface area contributed by atoms with E-state index in [2.05, 4.69) is 0 Å². The van der Waals surface area contributed by atoms with Crippen molar-refractivity contribution in [2.45, 2.75) is 6.92 Å². The normalized spacial score (nSPS) is 11.2. The van der Waals surface area contributed by atoms with Gasteiger partial charge in [0.1, 0.15) is 0 Å². The second-order valence-corrected chi connectivity index (χ2v) is 9.38. The molecule has 0 saturated carbocycles. The maximum Gasteiger partial charge on any atom is 0.168 e. The van der Waals surface area contributed by atoms with Gasteiger partial charge in [-0.25, -0.2) is 0 Å². The molecule has 2 aromatic rings. The summed E-state index contributed by atoms with van der Waals surface area (Å²) < 4.78 is 15.1. The molecule has 0 radical (unpaired) electrons. The van der Waals surface area contributed by atoms with Gasteiger partial charge in [0.05, 0.1) is 0 Å². The van der Waals surface area contributed by atoms with Gasteiger partial charge in [0.15, 0.2) is 7.14 Å². The summed E-state index contributed by atoms with van der Waals surface area (Å²) in [5.41, 5.74) is 0. The Morgan fingerprint density at radius 2 is 1.19 bits per heavy atom. The molecule has 1 nitrogen and oxygen atoms in total. The number of thioether (sulfide) groups is 2. The van der Waals surface area contributed by atoms with Crippen molar-refractivity contribution in [1.29, 1.82) is 0 Å². The Morgan fingerprint density at radius 3 is 1.52 bits per heavy atom. The van der Waals surface area contributed by atoms with Gasteiger partial charge in [-0.05, 0) is 19.4 Å². The highest BCUT2D eigenvalue weighted by Gasteiger charge is 2.31. The van der Waals surface area contributed by atoms with Crippen LogP contribution >= 0.6 is 30.7 Å². The minimum absolute atomic E-state index is 0.898. The molecular formula is C17H19OPS2. The van der Waals surface area contributed by atoms with E-state index in [-0.39, 0.29) is 0 Å². The minimum atomic E-state index is -2.77. The first-order valence-corrected chi connectivity index (χ1v) is 10.8. The molecule has 0 N–H and O–H groups in total. The standard InChI is InChI=1S/C17H19OPS2/c1-14(17(20-2)21-3)19(18,15-10-6-4-7-11-15)16-12-8-5-9-13-16/h4-13H,1-3H3. The zero-order valence-electron chi connectivity index (χ0n) is 12.4. The fraction of sp³-hybridized carbons (Fsp3) is 0.176. The van der Waals surface area contributed by atoms with E-state index < -0.39 is 7.14 Å². The van der Waals surface area contributed by atoms with Crippen molar-refractivity contribution in [3.8, 4) is 0 Å². The highest BCUT2D eigenvalue weighted by Crippen LogP contribution is 2.55. The molecule has 0 fully saturated rings. The molecule has 0 amide bonds. The van der Waals surface area contributed by atoms with Crippen LogP contribution < -0.4 is 10.6 Å². The molecular weight excluding hydrogens is 315 g/mol. The quantitative estimate of drug-likeness (QED) is 0.723. The molecule has 4 heteroatoms. The molecule has 0 aliphatic carbocycles. The Hall–Kier alpha value is -0.890. The van der Waals surface area contributed by atoms with Crippen LogP contribution in [0.5, 0.6) is 0 Å². The topological polar surface area (TPSA) is 17.1 Å². The summed E-state index contributed by atoms with van der Waals surface area (Å²) in [5, 5.41) is 2.77. The van der Waals surface area contributed by atoms with Crippen LogP contribution in [0.4, 0.5) is 0 Å². The molecule has 0 aliphatic heterocycles. The Kier molecular flexibility index (Phi) is 5.80. The van der Waals surface area contributed by atoms with Crippen LogP contribution in [0.25, 0.3) is 0 Å². The zero-order valence-corrected chi connectivity index (χ0v) is 15.0. The predicted octanol–water partition coefficient (Wildman–Crippen LogP) is 4.92. The van der Waals surface area contributed by atoms with Gasteiger partial charge in [0, 0.05) is 20.2 Å². The van der Waals surface area contributed by atoms with Gasteiger partial charge in [-0.1, -0.05) is 60.7 Å².